The third kappa shape index (κ3) is 4.07. The summed E-state index contributed by atoms with van der Waals surface area (Å²) in [5.41, 5.74) is 0. The molecule has 0 spiro atoms. The van der Waals surface area contributed by atoms with Gasteiger partial charge in [0.15, 0.2) is 5.13 Å². The summed E-state index contributed by atoms with van der Waals surface area (Å²) in [5.74, 6) is 1.25. The number of ether oxygens (including phenoxy) is 1. The van der Waals surface area contributed by atoms with Crippen molar-refractivity contribution in [2.24, 2.45) is 5.92 Å². The molecule has 1 aromatic carbocycles. The number of nitrogens with zero attached hydrogens (tertiary/aromatic N) is 1. The van der Waals surface area contributed by atoms with Crippen LogP contribution in [-0.4, -0.2) is 24.2 Å². The maximum Gasteiger partial charge on any atom is 0.192 e. The number of nitrogens with one attached hydrogen (secondary N) is 2. The van der Waals surface area contributed by atoms with E-state index in [1.165, 1.54) is 11.9 Å². The number of aromatic nitrogens is 1. The van der Waals surface area contributed by atoms with Crippen LogP contribution in [0.25, 0.3) is 0 Å². The van der Waals surface area contributed by atoms with Gasteiger partial charge in [-0.25, -0.2) is 4.98 Å². The average molecular weight is 356 g/mol. The average Bonchev–Trinajstić information content (AvgIpc) is 3.03. The van der Waals surface area contributed by atoms with E-state index in [-0.39, 0.29) is 6.10 Å². The number of rotatable bonds is 5. The van der Waals surface area contributed by atoms with E-state index in [0.717, 1.165) is 35.3 Å². The molecule has 2 heterocycles. The molecule has 1 unspecified atom stereocenters. The van der Waals surface area contributed by atoms with Crippen LogP contribution in [0.5, 0.6) is 5.75 Å². The van der Waals surface area contributed by atoms with Gasteiger partial charge >= 0.3 is 0 Å². The minimum atomic E-state index is 0.227. The molecule has 1 aliphatic rings. The highest BCUT2D eigenvalue weighted by Crippen LogP contribution is 2.32. The number of benzene rings is 1. The Hall–Kier alpha value is -0.950. The van der Waals surface area contributed by atoms with Crippen LogP contribution in [0.2, 0.25) is 5.02 Å². The van der Waals surface area contributed by atoms with Gasteiger partial charge in [-0.1, -0.05) is 18.5 Å². The standard InChI is InChI=1S/C15H18ClN3OS2/c1-10-9-17-5-4-13(10)20-14-3-2-11(8-12(14)16)22-19-15-18-6-7-21-15/h2-3,6-8,10,13,17H,4-5,9H2,1H3,(H,18,19)/t10?,13-/m1/s1. The highest BCUT2D eigenvalue weighted by molar-refractivity contribution is 8.00. The fourth-order valence-electron chi connectivity index (χ4n) is 2.35. The van der Waals surface area contributed by atoms with Gasteiger partial charge in [0.25, 0.3) is 0 Å². The van der Waals surface area contributed by atoms with Crippen molar-refractivity contribution in [2.45, 2.75) is 24.3 Å². The molecule has 2 atom stereocenters. The van der Waals surface area contributed by atoms with Crippen molar-refractivity contribution in [3.63, 3.8) is 0 Å². The number of thiazole rings is 1. The molecular weight excluding hydrogens is 338 g/mol. The molecule has 1 aliphatic heterocycles. The van der Waals surface area contributed by atoms with E-state index in [1.807, 2.05) is 23.6 Å². The molecule has 3 rings (SSSR count). The van der Waals surface area contributed by atoms with Gasteiger partial charge in [-0.05, 0) is 43.1 Å². The van der Waals surface area contributed by atoms with E-state index >= 15 is 0 Å². The van der Waals surface area contributed by atoms with Crippen molar-refractivity contribution in [1.82, 2.24) is 10.3 Å². The zero-order valence-corrected chi connectivity index (χ0v) is 14.6. The molecule has 0 aliphatic carbocycles. The Kier molecular flexibility index (Phi) is 5.46. The molecule has 22 heavy (non-hydrogen) atoms. The molecule has 0 bridgehead atoms. The van der Waals surface area contributed by atoms with Gasteiger partial charge in [-0.2, -0.15) is 0 Å². The summed E-state index contributed by atoms with van der Waals surface area (Å²) in [5, 5.41) is 6.84. The van der Waals surface area contributed by atoms with Crippen LogP contribution in [0.4, 0.5) is 5.13 Å². The van der Waals surface area contributed by atoms with Crippen LogP contribution in [0.3, 0.4) is 0 Å². The SMILES string of the molecule is CC1CNCC[C@H]1Oc1ccc(SNc2nccs2)cc1Cl. The summed E-state index contributed by atoms with van der Waals surface area (Å²) in [6, 6.07) is 5.88. The summed E-state index contributed by atoms with van der Waals surface area (Å²) in [6.45, 7) is 4.19. The Morgan fingerprint density at radius 1 is 1.50 bits per heavy atom. The predicted molar refractivity (Wildman–Crippen MR) is 94.1 cm³/mol. The van der Waals surface area contributed by atoms with Crippen molar-refractivity contribution < 1.29 is 4.74 Å². The summed E-state index contributed by atoms with van der Waals surface area (Å²) in [4.78, 5) is 5.21. The summed E-state index contributed by atoms with van der Waals surface area (Å²) in [7, 11) is 0. The van der Waals surface area contributed by atoms with Gasteiger partial charge in [-0.3, -0.25) is 0 Å². The summed E-state index contributed by atoms with van der Waals surface area (Å²) < 4.78 is 9.28. The van der Waals surface area contributed by atoms with E-state index in [1.54, 1.807) is 17.5 Å². The Labute approximate surface area is 143 Å². The van der Waals surface area contributed by atoms with Gasteiger partial charge in [0.2, 0.25) is 0 Å². The lowest BCUT2D eigenvalue weighted by atomic mass is 9.98. The highest BCUT2D eigenvalue weighted by Gasteiger charge is 2.23. The Morgan fingerprint density at radius 3 is 3.14 bits per heavy atom. The first-order valence-electron chi connectivity index (χ1n) is 7.21. The monoisotopic (exact) mass is 355 g/mol. The lowest BCUT2D eigenvalue weighted by Gasteiger charge is -2.30. The Balaban J connectivity index is 1.61. The predicted octanol–water partition coefficient (Wildman–Crippen LogP) is 4.29. The van der Waals surface area contributed by atoms with Gasteiger partial charge in [0.05, 0.1) is 5.02 Å². The molecule has 2 N–H and O–H groups in total. The second-order valence-electron chi connectivity index (χ2n) is 5.26. The van der Waals surface area contributed by atoms with Crippen molar-refractivity contribution in [1.29, 1.82) is 0 Å². The van der Waals surface area contributed by atoms with Crippen LogP contribution in [0.1, 0.15) is 13.3 Å². The smallest absolute Gasteiger partial charge is 0.192 e. The second-order valence-corrected chi connectivity index (χ2v) is 7.44. The quantitative estimate of drug-likeness (QED) is 0.783. The maximum atomic E-state index is 6.36. The molecule has 1 fully saturated rings. The minimum absolute atomic E-state index is 0.227. The van der Waals surface area contributed by atoms with Crippen LogP contribution >= 0.6 is 34.9 Å². The largest absolute Gasteiger partial charge is 0.488 e. The van der Waals surface area contributed by atoms with Crippen LogP contribution < -0.4 is 14.8 Å². The zero-order valence-electron chi connectivity index (χ0n) is 12.2. The van der Waals surface area contributed by atoms with Crippen molar-refractivity contribution in [3.8, 4) is 5.75 Å². The number of piperidine rings is 1. The van der Waals surface area contributed by atoms with Crippen LogP contribution in [0.15, 0.2) is 34.7 Å². The molecule has 0 amide bonds. The third-order valence-electron chi connectivity index (χ3n) is 3.58. The van der Waals surface area contributed by atoms with Crippen molar-refractivity contribution >= 4 is 40.0 Å². The molecule has 0 saturated carbocycles. The molecule has 7 heteroatoms. The fourth-order valence-corrected chi connectivity index (χ4v) is 3.90. The van der Waals surface area contributed by atoms with Gasteiger partial charge in [0, 0.05) is 28.9 Å². The minimum Gasteiger partial charge on any atom is -0.488 e. The van der Waals surface area contributed by atoms with E-state index in [0.29, 0.717) is 10.9 Å². The van der Waals surface area contributed by atoms with Gasteiger partial charge in [0.1, 0.15) is 11.9 Å². The van der Waals surface area contributed by atoms with Crippen molar-refractivity contribution in [3.05, 3.63) is 34.8 Å². The van der Waals surface area contributed by atoms with E-state index in [2.05, 4.69) is 21.9 Å². The Morgan fingerprint density at radius 2 is 2.41 bits per heavy atom. The third-order valence-corrected chi connectivity index (χ3v) is 5.47. The Bertz CT molecular complexity index is 609. The lowest BCUT2D eigenvalue weighted by Crippen LogP contribution is -2.41. The number of halogens is 1. The summed E-state index contributed by atoms with van der Waals surface area (Å²) >= 11 is 9.42. The topological polar surface area (TPSA) is 46.2 Å². The molecular formula is C15H18ClN3OS2. The fraction of sp³-hybridized carbons (Fsp3) is 0.400. The first-order chi connectivity index (χ1) is 10.7. The molecule has 0 radical (unpaired) electrons. The summed E-state index contributed by atoms with van der Waals surface area (Å²) in [6.07, 6.45) is 3.02. The van der Waals surface area contributed by atoms with Gasteiger partial charge in [-0.15, -0.1) is 11.3 Å². The van der Waals surface area contributed by atoms with Gasteiger partial charge < -0.3 is 14.8 Å². The first-order valence-corrected chi connectivity index (χ1v) is 9.29. The highest BCUT2D eigenvalue weighted by atomic mass is 35.5. The molecule has 1 saturated heterocycles. The van der Waals surface area contributed by atoms with E-state index < -0.39 is 0 Å². The normalized spacial score (nSPS) is 21.5. The van der Waals surface area contributed by atoms with Crippen molar-refractivity contribution in [2.75, 3.05) is 17.8 Å². The molecule has 4 nitrogen and oxygen atoms in total. The zero-order chi connectivity index (χ0) is 15.4. The number of hydrogen-bond acceptors (Lipinski definition) is 6. The van der Waals surface area contributed by atoms with Crippen LogP contribution in [0, 0.1) is 5.92 Å². The molecule has 2 aromatic rings. The number of anilines is 1. The maximum absolute atomic E-state index is 6.36. The first kappa shape index (κ1) is 15.9. The number of hydrogen-bond donors (Lipinski definition) is 2. The molecule has 1 aromatic heterocycles. The van der Waals surface area contributed by atoms with Crippen LogP contribution in [-0.2, 0) is 0 Å². The van der Waals surface area contributed by atoms with E-state index in [9.17, 15) is 0 Å². The van der Waals surface area contributed by atoms with E-state index in [4.69, 9.17) is 16.3 Å². The lowest BCUT2D eigenvalue weighted by molar-refractivity contribution is 0.112. The molecule has 118 valence electrons. The second kappa shape index (κ2) is 7.55.